The average molecular weight is 336 g/mol. The molecule has 0 aliphatic heterocycles. The summed E-state index contributed by atoms with van der Waals surface area (Å²) in [6.45, 7) is 0.300. The smallest absolute Gasteiger partial charge is 0.263 e. The Morgan fingerprint density at radius 3 is 2.62 bits per heavy atom. The molecule has 1 aromatic carbocycles. The molecule has 2 aromatic rings. The first-order valence-electron chi connectivity index (χ1n) is 5.73. The normalized spacial score (nSPS) is 11.6. The molecule has 21 heavy (non-hydrogen) atoms. The van der Waals surface area contributed by atoms with Gasteiger partial charge in [-0.3, -0.25) is 4.72 Å². The van der Waals surface area contributed by atoms with E-state index in [9.17, 15) is 21.6 Å². The largest absolute Gasteiger partial charge is 0.315 e. The van der Waals surface area contributed by atoms with Crippen molar-refractivity contribution in [2.24, 2.45) is 0 Å². The molecule has 0 fully saturated rings. The molecule has 2 rings (SSSR count). The van der Waals surface area contributed by atoms with Gasteiger partial charge in [0, 0.05) is 23.6 Å². The summed E-state index contributed by atoms with van der Waals surface area (Å²) >= 11 is 1.20. The Labute approximate surface area is 123 Å². The molecule has 114 valence electrons. The van der Waals surface area contributed by atoms with Gasteiger partial charge in [-0.15, -0.1) is 11.3 Å². The van der Waals surface area contributed by atoms with Gasteiger partial charge in [0.2, 0.25) is 0 Å². The van der Waals surface area contributed by atoms with E-state index in [0.717, 1.165) is 0 Å². The molecule has 0 saturated heterocycles. The number of halogens is 3. The van der Waals surface area contributed by atoms with E-state index < -0.39 is 33.2 Å². The molecule has 0 atom stereocenters. The first-order chi connectivity index (χ1) is 9.85. The van der Waals surface area contributed by atoms with Gasteiger partial charge in [-0.1, -0.05) is 0 Å². The van der Waals surface area contributed by atoms with Crippen LogP contribution in [-0.4, -0.2) is 15.5 Å². The van der Waals surface area contributed by atoms with E-state index in [4.69, 9.17) is 0 Å². The number of benzene rings is 1. The van der Waals surface area contributed by atoms with Gasteiger partial charge in [-0.25, -0.2) is 21.6 Å². The van der Waals surface area contributed by atoms with Gasteiger partial charge in [0.25, 0.3) is 10.0 Å². The lowest BCUT2D eigenvalue weighted by atomic mass is 10.3. The van der Waals surface area contributed by atoms with Crippen LogP contribution in [-0.2, 0) is 16.6 Å². The average Bonchev–Trinajstić information content (AvgIpc) is 2.84. The summed E-state index contributed by atoms with van der Waals surface area (Å²) in [5.41, 5.74) is -0.769. The lowest BCUT2D eigenvalue weighted by Gasteiger charge is -2.10. The summed E-state index contributed by atoms with van der Waals surface area (Å²) in [6.07, 6.45) is 0. The summed E-state index contributed by atoms with van der Waals surface area (Å²) in [5, 5.41) is 4.36. The minimum absolute atomic E-state index is 0.0640. The maximum Gasteiger partial charge on any atom is 0.263 e. The highest BCUT2D eigenvalue weighted by atomic mass is 32.2. The fraction of sp³-hybridized carbons (Fsp3) is 0.167. The molecule has 0 unspecified atom stereocenters. The van der Waals surface area contributed by atoms with Gasteiger partial charge >= 0.3 is 0 Å². The van der Waals surface area contributed by atoms with E-state index in [0.29, 0.717) is 23.6 Å². The maximum atomic E-state index is 13.5. The van der Waals surface area contributed by atoms with Crippen molar-refractivity contribution >= 4 is 27.0 Å². The predicted molar refractivity (Wildman–Crippen MR) is 74.2 cm³/mol. The summed E-state index contributed by atoms with van der Waals surface area (Å²) in [6, 6.07) is 2.26. The van der Waals surface area contributed by atoms with Gasteiger partial charge in [0.05, 0.1) is 5.69 Å². The number of nitrogens with one attached hydrogen (secondary N) is 2. The Hall–Kier alpha value is -1.58. The molecule has 9 heteroatoms. The Morgan fingerprint density at radius 2 is 1.95 bits per heavy atom. The molecule has 0 aliphatic carbocycles. The first kappa shape index (κ1) is 15.8. The van der Waals surface area contributed by atoms with E-state index in [1.807, 2.05) is 4.72 Å². The zero-order chi connectivity index (χ0) is 15.6. The predicted octanol–water partition coefficient (Wildman–Crippen LogP) is 2.69. The highest BCUT2D eigenvalue weighted by Gasteiger charge is 2.22. The van der Waals surface area contributed by atoms with Gasteiger partial charge < -0.3 is 5.32 Å². The highest BCUT2D eigenvalue weighted by molar-refractivity contribution is 7.93. The number of sulfonamides is 1. The van der Waals surface area contributed by atoms with E-state index in [1.165, 1.54) is 17.4 Å². The van der Waals surface area contributed by atoms with Crippen molar-refractivity contribution in [1.82, 2.24) is 5.32 Å². The van der Waals surface area contributed by atoms with Crippen LogP contribution in [0.3, 0.4) is 0 Å². The third-order valence-electron chi connectivity index (χ3n) is 2.57. The summed E-state index contributed by atoms with van der Waals surface area (Å²) < 4.78 is 65.9. The zero-order valence-corrected chi connectivity index (χ0v) is 12.4. The van der Waals surface area contributed by atoms with Crippen LogP contribution in [0.4, 0.5) is 18.9 Å². The second-order valence-electron chi connectivity index (χ2n) is 4.09. The lowest BCUT2D eigenvalue weighted by Crippen LogP contribution is -2.17. The van der Waals surface area contributed by atoms with Crippen LogP contribution in [0.2, 0.25) is 0 Å². The summed E-state index contributed by atoms with van der Waals surface area (Å²) in [7, 11) is -2.49. The highest BCUT2D eigenvalue weighted by Crippen LogP contribution is 2.26. The molecule has 4 nitrogen and oxygen atoms in total. The molecule has 0 radical (unpaired) electrons. The SMILES string of the molecule is CNCc1sccc1S(=O)(=O)Nc1cc(F)cc(F)c1F. The second-order valence-corrected chi connectivity index (χ2v) is 6.74. The van der Waals surface area contributed by atoms with Crippen LogP contribution in [0.1, 0.15) is 4.88 Å². The van der Waals surface area contributed by atoms with Crippen molar-refractivity contribution in [3.63, 3.8) is 0 Å². The minimum Gasteiger partial charge on any atom is -0.315 e. The molecular formula is C12H11F3N2O2S2. The summed E-state index contributed by atoms with van der Waals surface area (Å²) in [5.74, 6) is -3.99. The van der Waals surface area contributed by atoms with E-state index >= 15 is 0 Å². The molecule has 0 bridgehead atoms. The Bertz CT molecular complexity index is 760. The lowest BCUT2D eigenvalue weighted by molar-refractivity contribution is 0.498. The maximum absolute atomic E-state index is 13.5. The number of hydrogen-bond acceptors (Lipinski definition) is 4. The van der Waals surface area contributed by atoms with E-state index in [2.05, 4.69) is 5.32 Å². The van der Waals surface area contributed by atoms with E-state index in [1.54, 1.807) is 12.4 Å². The van der Waals surface area contributed by atoms with Crippen molar-refractivity contribution in [1.29, 1.82) is 0 Å². The summed E-state index contributed by atoms with van der Waals surface area (Å²) in [4.78, 5) is 0.438. The number of thiophene rings is 1. The molecule has 0 aliphatic rings. The van der Waals surface area contributed by atoms with Crippen molar-refractivity contribution in [3.05, 3.63) is 45.9 Å². The molecular weight excluding hydrogens is 325 g/mol. The van der Waals surface area contributed by atoms with Gasteiger partial charge in [-0.2, -0.15) is 0 Å². The van der Waals surface area contributed by atoms with E-state index in [-0.39, 0.29) is 4.90 Å². The van der Waals surface area contributed by atoms with Crippen LogP contribution < -0.4 is 10.0 Å². The third kappa shape index (κ3) is 3.36. The van der Waals surface area contributed by atoms with Crippen LogP contribution in [0.15, 0.2) is 28.5 Å². The fourth-order valence-corrected chi connectivity index (χ4v) is 4.19. The van der Waals surface area contributed by atoms with Crippen LogP contribution in [0, 0.1) is 17.5 Å². The number of rotatable bonds is 5. The second kappa shape index (κ2) is 6.04. The topological polar surface area (TPSA) is 58.2 Å². The fourth-order valence-electron chi connectivity index (χ4n) is 1.69. The third-order valence-corrected chi connectivity index (χ3v) is 5.07. The number of hydrogen-bond donors (Lipinski definition) is 2. The first-order valence-corrected chi connectivity index (χ1v) is 8.09. The van der Waals surface area contributed by atoms with Gasteiger partial charge in [-0.05, 0) is 18.5 Å². The van der Waals surface area contributed by atoms with Gasteiger partial charge in [0.15, 0.2) is 11.6 Å². The molecule has 2 N–H and O–H groups in total. The quantitative estimate of drug-likeness (QED) is 0.826. The number of anilines is 1. The Kier molecular flexibility index (Phi) is 4.55. The Balaban J connectivity index is 2.40. The molecule has 1 heterocycles. The van der Waals surface area contributed by atoms with Crippen molar-refractivity contribution in [2.45, 2.75) is 11.4 Å². The molecule has 0 saturated carbocycles. The standard InChI is InChI=1S/C12H11F3N2O2S2/c1-16-6-10-11(2-3-20-10)21(18,19)17-9-5-7(13)4-8(14)12(9)15/h2-5,16-17H,6H2,1H3. The molecule has 0 amide bonds. The zero-order valence-electron chi connectivity index (χ0n) is 10.8. The van der Waals surface area contributed by atoms with Crippen molar-refractivity contribution in [2.75, 3.05) is 11.8 Å². The molecule has 1 aromatic heterocycles. The van der Waals surface area contributed by atoms with Crippen LogP contribution >= 0.6 is 11.3 Å². The van der Waals surface area contributed by atoms with Gasteiger partial charge in [0.1, 0.15) is 10.7 Å². The Morgan fingerprint density at radius 1 is 1.24 bits per heavy atom. The van der Waals surface area contributed by atoms with Crippen LogP contribution in [0.25, 0.3) is 0 Å². The van der Waals surface area contributed by atoms with Crippen molar-refractivity contribution in [3.8, 4) is 0 Å². The minimum atomic E-state index is -4.13. The van der Waals surface area contributed by atoms with Crippen molar-refractivity contribution < 1.29 is 21.6 Å². The monoisotopic (exact) mass is 336 g/mol. The van der Waals surface area contributed by atoms with Crippen LogP contribution in [0.5, 0.6) is 0 Å². The molecule has 0 spiro atoms.